The lowest BCUT2D eigenvalue weighted by molar-refractivity contribution is -0.130. The van der Waals surface area contributed by atoms with Crippen molar-refractivity contribution in [1.29, 1.82) is 0 Å². The highest BCUT2D eigenvalue weighted by Crippen LogP contribution is 2.11. The van der Waals surface area contributed by atoms with Gasteiger partial charge in [0.25, 0.3) is 0 Å². The number of benzene rings is 1. The van der Waals surface area contributed by atoms with Gasteiger partial charge in [-0.2, -0.15) is 0 Å². The average Bonchev–Trinajstić information content (AvgIpc) is 2.81. The Kier molecular flexibility index (Phi) is 3.54. The first-order chi connectivity index (χ1) is 7.75. The highest BCUT2D eigenvalue weighted by molar-refractivity contribution is 5.76. The van der Waals surface area contributed by atoms with Gasteiger partial charge in [-0.25, -0.2) is 4.39 Å². The molecule has 0 radical (unpaired) electrons. The predicted octanol–water partition coefficient (Wildman–Crippen LogP) is 2.38. The van der Waals surface area contributed by atoms with Crippen LogP contribution in [0.15, 0.2) is 24.3 Å². The minimum Gasteiger partial charge on any atom is -0.343 e. The van der Waals surface area contributed by atoms with Gasteiger partial charge in [-0.3, -0.25) is 4.79 Å². The van der Waals surface area contributed by atoms with Crippen molar-refractivity contribution in [2.75, 3.05) is 13.1 Å². The molecule has 0 atom stereocenters. The van der Waals surface area contributed by atoms with E-state index in [1.807, 2.05) is 4.90 Å². The highest BCUT2D eigenvalue weighted by atomic mass is 19.1. The topological polar surface area (TPSA) is 20.3 Å². The number of amides is 1. The summed E-state index contributed by atoms with van der Waals surface area (Å²) >= 11 is 0. The minimum atomic E-state index is -0.227. The average molecular weight is 221 g/mol. The number of aryl methyl sites for hydroxylation is 1. The van der Waals surface area contributed by atoms with Crippen molar-refractivity contribution in [3.63, 3.8) is 0 Å². The van der Waals surface area contributed by atoms with Crippen LogP contribution in [0.1, 0.15) is 24.8 Å². The van der Waals surface area contributed by atoms with Crippen molar-refractivity contribution < 1.29 is 9.18 Å². The van der Waals surface area contributed by atoms with Gasteiger partial charge in [-0.05, 0) is 37.0 Å². The molecule has 0 unspecified atom stereocenters. The van der Waals surface area contributed by atoms with E-state index in [2.05, 4.69) is 0 Å². The van der Waals surface area contributed by atoms with Crippen molar-refractivity contribution in [3.8, 4) is 0 Å². The number of hydrogen-bond acceptors (Lipinski definition) is 1. The van der Waals surface area contributed by atoms with E-state index >= 15 is 0 Å². The lowest BCUT2D eigenvalue weighted by atomic mass is 10.1. The first kappa shape index (κ1) is 11.1. The van der Waals surface area contributed by atoms with E-state index in [0.29, 0.717) is 12.8 Å². The van der Waals surface area contributed by atoms with Crippen LogP contribution in [-0.4, -0.2) is 23.9 Å². The normalized spacial score (nSPS) is 15.4. The van der Waals surface area contributed by atoms with Gasteiger partial charge < -0.3 is 4.90 Å². The number of nitrogens with zero attached hydrogens (tertiary/aromatic N) is 1. The number of carbonyl (C=O) groups is 1. The zero-order valence-corrected chi connectivity index (χ0v) is 9.29. The van der Waals surface area contributed by atoms with Gasteiger partial charge in [0.2, 0.25) is 5.91 Å². The zero-order chi connectivity index (χ0) is 11.4. The molecule has 0 saturated carbocycles. The van der Waals surface area contributed by atoms with Gasteiger partial charge >= 0.3 is 0 Å². The summed E-state index contributed by atoms with van der Waals surface area (Å²) in [7, 11) is 0. The maximum absolute atomic E-state index is 12.7. The first-order valence-corrected chi connectivity index (χ1v) is 5.78. The van der Waals surface area contributed by atoms with Crippen LogP contribution in [0.5, 0.6) is 0 Å². The van der Waals surface area contributed by atoms with E-state index in [-0.39, 0.29) is 11.7 Å². The fourth-order valence-corrected chi connectivity index (χ4v) is 2.03. The molecule has 1 aliphatic rings. The quantitative estimate of drug-likeness (QED) is 0.767. The molecular weight excluding hydrogens is 205 g/mol. The summed E-state index contributed by atoms with van der Waals surface area (Å²) in [6, 6.07) is 6.37. The molecule has 16 heavy (non-hydrogen) atoms. The van der Waals surface area contributed by atoms with Crippen LogP contribution >= 0.6 is 0 Å². The Balaban J connectivity index is 1.82. The molecule has 1 aromatic carbocycles. The summed E-state index contributed by atoms with van der Waals surface area (Å²) < 4.78 is 12.7. The lowest BCUT2D eigenvalue weighted by Crippen LogP contribution is -2.27. The molecule has 86 valence electrons. The molecule has 1 amide bonds. The van der Waals surface area contributed by atoms with Crippen LogP contribution in [0.25, 0.3) is 0 Å². The molecule has 0 spiro atoms. The van der Waals surface area contributed by atoms with Crippen LogP contribution in [0.4, 0.5) is 4.39 Å². The van der Waals surface area contributed by atoms with E-state index in [9.17, 15) is 9.18 Å². The third-order valence-corrected chi connectivity index (χ3v) is 3.00. The van der Waals surface area contributed by atoms with Crippen molar-refractivity contribution in [2.45, 2.75) is 25.7 Å². The molecule has 0 bridgehead atoms. The van der Waals surface area contributed by atoms with Gasteiger partial charge in [0, 0.05) is 19.5 Å². The smallest absolute Gasteiger partial charge is 0.222 e. The second kappa shape index (κ2) is 5.10. The van der Waals surface area contributed by atoms with Crippen LogP contribution < -0.4 is 0 Å². The Labute approximate surface area is 95.1 Å². The third-order valence-electron chi connectivity index (χ3n) is 3.00. The van der Waals surface area contributed by atoms with Gasteiger partial charge in [0.15, 0.2) is 0 Å². The van der Waals surface area contributed by atoms with E-state index in [4.69, 9.17) is 0 Å². The standard InChI is InChI=1S/C13H16FNO/c14-12-6-3-11(4-7-12)5-8-13(16)15-9-1-2-10-15/h3-4,6-7H,1-2,5,8-10H2. The number of halogens is 1. The molecular formula is C13H16FNO. The number of rotatable bonds is 3. The maximum Gasteiger partial charge on any atom is 0.222 e. The largest absolute Gasteiger partial charge is 0.343 e. The second-order valence-corrected chi connectivity index (χ2v) is 4.21. The molecule has 0 aliphatic carbocycles. The summed E-state index contributed by atoms with van der Waals surface area (Å²) in [5.74, 6) is -0.00329. The van der Waals surface area contributed by atoms with Crippen LogP contribution in [0.3, 0.4) is 0 Å². The Bertz CT molecular complexity index is 355. The molecule has 2 rings (SSSR count). The Hall–Kier alpha value is -1.38. The number of hydrogen-bond donors (Lipinski definition) is 0. The molecule has 1 saturated heterocycles. The van der Waals surface area contributed by atoms with Gasteiger partial charge in [0.1, 0.15) is 5.82 Å². The van der Waals surface area contributed by atoms with Crippen molar-refractivity contribution >= 4 is 5.91 Å². The molecule has 0 aromatic heterocycles. The molecule has 1 fully saturated rings. The van der Waals surface area contributed by atoms with Gasteiger partial charge in [-0.15, -0.1) is 0 Å². The van der Waals surface area contributed by atoms with Crippen LogP contribution in [-0.2, 0) is 11.2 Å². The predicted molar refractivity (Wildman–Crippen MR) is 60.5 cm³/mol. The number of carbonyl (C=O) groups excluding carboxylic acids is 1. The maximum atomic E-state index is 12.7. The molecule has 1 heterocycles. The van der Waals surface area contributed by atoms with Gasteiger partial charge in [-0.1, -0.05) is 12.1 Å². The molecule has 1 aliphatic heterocycles. The van der Waals surface area contributed by atoms with Crippen molar-refractivity contribution in [1.82, 2.24) is 4.90 Å². The summed E-state index contributed by atoms with van der Waals surface area (Å²) in [6.07, 6.45) is 3.49. The lowest BCUT2D eigenvalue weighted by Gasteiger charge is -2.14. The molecule has 1 aromatic rings. The van der Waals surface area contributed by atoms with Crippen LogP contribution in [0.2, 0.25) is 0 Å². The van der Waals surface area contributed by atoms with E-state index in [1.54, 1.807) is 12.1 Å². The highest BCUT2D eigenvalue weighted by Gasteiger charge is 2.17. The Morgan fingerprint density at radius 2 is 1.81 bits per heavy atom. The summed E-state index contributed by atoms with van der Waals surface area (Å²) in [5.41, 5.74) is 1.02. The SMILES string of the molecule is O=C(CCc1ccc(F)cc1)N1CCCC1. The first-order valence-electron chi connectivity index (χ1n) is 5.78. The monoisotopic (exact) mass is 221 g/mol. The second-order valence-electron chi connectivity index (χ2n) is 4.21. The molecule has 2 nitrogen and oxygen atoms in total. The van der Waals surface area contributed by atoms with Crippen molar-refractivity contribution in [2.24, 2.45) is 0 Å². The molecule has 0 N–H and O–H groups in total. The van der Waals surface area contributed by atoms with Crippen molar-refractivity contribution in [3.05, 3.63) is 35.6 Å². The fraction of sp³-hybridized carbons (Fsp3) is 0.462. The minimum absolute atomic E-state index is 0.224. The summed E-state index contributed by atoms with van der Waals surface area (Å²) in [5, 5.41) is 0. The Morgan fingerprint density at radius 3 is 2.44 bits per heavy atom. The molecule has 3 heteroatoms. The number of likely N-dealkylation sites (tertiary alicyclic amines) is 1. The summed E-state index contributed by atoms with van der Waals surface area (Å²) in [6.45, 7) is 1.81. The van der Waals surface area contributed by atoms with E-state index < -0.39 is 0 Å². The van der Waals surface area contributed by atoms with E-state index in [0.717, 1.165) is 31.5 Å². The Morgan fingerprint density at radius 1 is 1.19 bits per heavy atom. The van der Waals surface area contributed by atoms with Gasteiger partial charge in [0.05, 0.1) is 0 Å². The van der Waals surface area contributed by atoms with E-state index in [1.165, 1.54) is 12.1 Å². The fourth-order valence-electron chi connectivity index (χ4n) is 2.03. The zero-order valence-electron chi connectivity index (χ0n) is 9.29. The third kappa shape index (κ3) is 2.81. The summed E-state index contributed by atoms with van der Waals surface area (Å²) in [4.78, 5) is 13.7. The van der Waals surface area contributed by atoms with Crippen LogP contribution in [0, 0.1) is 5.82 Å².